The SMILES string of the molecule is NC(=S)NN=Cc1nnc([N+](=O)[O-])s1. The number of hydrogen-bond acceptors (Lipinski definition) is 7. The number of nitrogens with zero attached hydrogens (tertiary/aromatic N) is 4. The van der Waals surface area contributed by atoms with Gasteiger partial charge in [0.25, 0.3) is 0 Å². The van der Waals surface area contributed by atoms with Crippen molar-refractivity contribution in [2.24, 2.45) is 10.8 Å². The Morgan fingerprint density at radius 3 is 3.00 bits per heavy atom. The fourth-order valence-electron chi connectivity index (χ4n) is 0.503. The van der Waals surface area contributed by atoms with E-state index in [-0.39, 0.29) is 10.2 Å². The van der Waals surface area contributed by atoms with Crippen LogP contribution in [0, 0.1) is 10.1 Å². The topological polar surface area (TPSA) is 119 Å². The van der Waals surface area contributed by atoms with E-state index in [1.54, 1.807) is 0 Å². The van der Waals surface area contributed by atoms with Crippen molar-refractivity contribution in [3.8, 4) is 0 Å². The van der Waals surface area contributed by atoms with Crippen molar-refractivity contribution in [1.29, 1.82) is 0 Å². The number of nitro groups is 1. The van der Waals surface area contributed by atoms with E-state index in [0.717, 1.165) is 11.3 Å². The van der Waals surface area contributed by atoms with E-state index < -0.39 is 4.92 Å². The second-order valence-electron chi connectivity index (χ2n) is 1.91. The van der Waals surface area contributed by atoms with Crippen LogP contribution in [0.1, 0.15) is 5.01 Å². The molecule has 8 nitrogen and oxygen atoms in total. The molecule has 0 aromatic carbocycles. The molecule has 1 heterocycles. The highest BCUT2D eigenvalue weighted by atomic mass is 32.1. The zero-order valence-corrected chi connectivity index (χ0v) is 8.21. The molecule has 14 heavy (non-hydrogen) atoms. The summed E-state index contributed by atoms with van der Waals surface area (Å²) in [6.07, 6.45) is 1.24. The molecule has 0 bridgehead atoms. The standard InChI is InChI=1S/C4H4N6O2S2/c5-3(13)8-6-1-2-7-9-4(14-2)10(11)12/h1H,(H3,5,8,13). The molecule has 0 aliphatic carbocycles. The molecule has 0 fully saturated rings. The summed E-state index contributed by atoms with van der Waals surface area (Å²) in [7, 11) is 0. The number of nitrogens with two attached hydrogens (primary N) is 1. The van der Waals surface area contributed by atoms with Gasteiger partial charge in [-0.15, -0.1) is 0 Å². The predicted molar refractivity (Wildman–Crippen MR) is 54.1 cm³/mol. The average molecular weight is 232 g/mol. The molecule has 0 atom stereocenters. The number of rotatable bonds is 3. The minimum absolute atomic E-state index is 0.000245. The summed E-state index contributed by atoms with van der Waals surface area (Å²) in [5.41, 5.74) is 7.36. The molecule has 0 spiro atoms. The third-order valence-electron chi connectivity index (χ3n) is 0.936. The number of thiocarbonyl (C=S) groups is 1. The number of nitrogens with one attached hydrogen (secondary N) is 1. The van der Waals surface area contributed by atoms with Crippen LogP contribution in [0.2, 0.25) is 0 Å². The first kappa shape index (κ1) is 10.4. The van der Waals surface area contributed by atoms with Gasteiger partial charge in [0.05, 0.1) is 11.3 Å². The van der Waals surface area contributed by atoms with Crippen molar-refractivity contribution >= 4 is 40.0 Å². The van der Waals surface area contributed by atoms with Crippen molar-refractivity contribution in [1.82, 2.24) is 15.6 Å². The largest absolute Gasteiger partial charge is 0.450 e. The van der Waals surface area contributed by atoms with Gasteiger partial charge in [-0.3, -0.25) is 5.43 Å². The lowest BCUT2D eigenvalue weighted by atomic mass is 10.8. The van der Waals surface area contributed by atoms with E-state index >= 15 is 0 Å². The summed E-state index contributed by atoms with van der Waals surface area (Å²) in [6, 6.07) is 0. The van der Waals surface area contributed by atoms with Gasteiger partial charge in [0.1, 0.15) is 0 Å². The molecule has 0 aliphatic heterocycles. The summed E-state index contributed by atoms with van der Waals surface area (Å²) >= 11 is 5.27. The molecular formula is C4H4N6O2S2. The highest BCUT2D eigenvalue weighted by molar-refractivity contribution is 7.80. The first-order chi connectivity index (χ1) is 6.59. The molecule has 1 rings (SSSR count). The molecule has 3 N–H and O–H groups in total. The highest BCUT2D eigenvalue weighted by Gasteiger charge is 2.13. The van der Waals surface area contributed by atoms with Crippen LogP contribution in [-0.2, 0) is 0 Å². The average Bonchev–Trinajstić information content (AvgIpc) is 2.52. The summed E-state index contributed by atoms with van der Waals surface area (Å²) in [6.45, 7) is 0. The van der Waals surface area contributed by atoms with E-state index in [1.165, 1.54) is 6.21 Å². The maximum absolute atomic E-state index is 10.2. The molecule has 0 radical (unpaired) electrons. The van der Waals surface area contributed by atoms with Crippen LogP contribution < -0.4 is 11.2 Å². The Balaban J connectivity index is 2.64. The van der Waals surface area contributed by atoms with Gasteiger partial charge in [-0.25, -0.2) is 0 Å². The maximum Gasteiger partial charge on any atom is 0.450 e. The van der Waals surface area contributed by atoms with Crippen LogP contribution >= 0.6 is 23.6 Å². The van der Waals surface area contributed by atoms with Gasteiger partial charge in [-0.1, -0.05) is 0 Å². The molecule has 0 unspecified atom stereocenters. The summed E-state index contributed by atoms with van der Waals surface area (Å²) < 4.78 is 0. The zero-order chi connectivity index (χ0) is 10.6. The first-order valence-corrected chi connectivity index (χ1v) is 4.38. The monoisotopic (exact) mass is 232 g/mol. The van der Waals surface area contributed by atoms with E-state index in [0.29, 0.717) is 5.01 Å². The van der Waals surface area contributed by atoms with Gasteiger partial charge < -0.3 is 15.8 Å². The minimum atomic E-state index is -0.629. The lowest BCUT2D eigenvalue weighted by Gasteiger charge is -1.89. The summed E-state index contributed by atoms with van der Waals surface area (Å²) in [5, 5.41) is 20.6. The number of aromatic nitrogens is 2. The third kappa shape index (κ3) is 2.99. The van der Waals surface area contributed by atoms with Crippen molar-refractivity contribution in [3.05, 3.63) is 15.1 Å². The molecule has 0 aliphatic rings. The van der Waals surface area contributed by atoms with E-state index in [1.807, 2.05) is 0 Å². The second kappa shape index (κ2) is 4.53. The molecule has 1 aromatic rings. The number of hydrogen-bond donors (Lipinski definition) is 2. The van der Waals surface area contributed by atoms with Crippen LogP contribution in [0.3, 0.4) is 0 Å². The van der Waals surface area contributed by atoms with E-state index in [4.69, 9.17) is 5.73 Å². The van der Waals surface area contributed by atoms with Crippen molar-refractivity contribution in [2.75, 3.05) is 0 Å². The Morgan fingerprint density at radius 2 is 2.50 bits per heavy atom. The Labute approximate surface area is 87.0 Å². The van der Waals surface area contributed by atoms with Crippen LogP contribution in [0.15, 0.2) is 5.10 Å². The Hall–Kier alpha value is -1.68. The van der Waals surface area contributed by atoms with Gasteiger partial charge in [-0.05, 0) is 33.6 Å². The maximum atomic E-state index is 10.2. The number of hydrazone groups is 1. The predicted octanol–water partition coefficient (Wildman–Crippen LogP) is -0.387. The summed E-state index contributed by atoms with van der Waals surface area (Å²) in [4.78, 5) is 9.58. The quantitative estimate of drug-likeness (QED) is 0.315. The summed E-state index contributed by atoms with van der Waals surface area (Å²) in [5.74, 6) is 0. The first-order valence-electron chi connectivity index (χ1n) is 3.16. The molecule has 74 valence electrons. The Morgan fingerprint density at radius 1 is 1.79 bits per heavy atom. The van der Waals surface area contributed by atoms with E-state index in [9.17, 15) is 10.1 Å². The van der Waals surface area contributed by atoms with Crippen molar-refractivity contribution in [2.45, 2.75) is 0 Å². The zero-order valence-electron chi connectivity index (χ0n) is 6.58. The lowest BCUT2D eigenvalue weighted by molar-refractivity contribution is -0.385. The molecule has 1 aromatic heterocycles. The Bertz CT molecular complexity index is 387. The van der Waals surface area contributed by atoms with Gasteiger partial charge in [0.2, 0.25) is 0 Å². The second-order valence-corrected chi connectivity index (χ2v) is 3.34. The van der Waals surface area contributed by atoms with Crippen LogP contribution in [0.4, 0.5) is 5.13 Å². The third-order valence-corrected chi connectivity index (χ3v) is 1.84. The van der Waals surface area contributed by atoms with Crippen molar-refractivity contribution in [3.63, 3.8) is 0 Å². The minimum Gasteiger partial charge on any atom is -0.375 e. The van der Waals surface area contributed by atoms with E-state index in [2.05, 4.69) is 32.9 Å². The molecule has 0 saturated carbocycles. The van der Waals surface area contributed by atoms with Crippen LogP contribution in [0.25, 0.3) is 0 Å². The smallest absolute Gasteiger partial charge is 0.375 e. The normalized spacial score (nSPS) is 10.3. The molecule has 0 amide bonds. The molecule has 0 saturated heterocycles. The fraction of sp³-hybridized carbons (Fsp3) is 0. The Kier molecular flexibility index (Phi) is 3.36. The lowest BCUT2D eigenvalue weighted by Crippen LogP contribution is -2.23. The van der Waals surface area contributed by atoms with Crippen LogP contribution in [-0.4, -0.2) is 26.4 Å². The van der Waals surface area contributed by atoms with Gasteiger partial charge in [-0.2, -0.15) is 5.10 Å². The molecule has 10 heteroatoms. The van der Waals surface area contributed by atoms with Gasteiger partial charge >= 0.3 is 5.13 Å². The highest BCUT2D eigenvalue weighted by Crippen LogP contribution is 2.15. The van der Waals surface area contributed by atoms with Crippen molar-refractivity contribution < 1.29 is 4.92 Å². The van der Waals surface area contributed by atoms with Gasteiger partial charge in [0, 0.05) is 0 Å². The fourth-order valence-corrected chi connectivity index (χ4v) is 1.09. The van der Waals surface area contributed by atoms with Crippen LogP contribution in [0.5, 0.6) is 0 Å². The molecular weight excluding hydrogens is 228 g/mol. The van der Waals surface area contributed by atoms with Gasteiger partial charge in [0.15, 0.2) is 10.1 Å².